The Morgan fingerprint density at radius 1 is 1.20 bits per heavy atom. The number of rotatable bonds is 0. The van der Waals surface area contributed by atoms with E-state index in [1.54, 1.807) is 12.1 Å². The van der Waals surface area contributed by atoms with Crippen molar-refractivity contribution in [3.8, 4) is 11.8 Å². The van der Waals surface area contributed by atoms with E-state index in [0.717, 1.165) is 0 Å². The van der Waals surface area contributed by atoms with E-state index in [1.165, 1.54) is 18.2 Å². The van der Waals surface area contributed by atoms with Gasteiger partial charge < -0.3 is 4.74 Å². The number of hydrogen-bond acceptors (Lipinski definition) is 2. The molecule has 0 saturated heterocycles. The number of halogens is 1. The summed E-state index contributed by atoms with van der Waals surface area (Å²) in [6, 6.07) is 5.85. The third kappa shape index (κ3) is 2.44. The SMILES string of the molecule is O=C1C=C(C#Cc2ccc(F)cc2)CO1. The molecule has 0 spiro atoms. The van der Waals surface area contributed by atoms with E-state index in [0.29, 0.717) is 11.1 Å². The summed E-state index contributed by atoms with van der Waals surface area (Å²) in [5.41, 5.74) is 1.35. The van der Waals surface area contributed by atoms with Gasteiger partial charge in [0.2, 0.25) is 0 Å². The van der Waals surface area contributed by atoms with E-state index < -0.39 is 0 Å². The number of benzene rings is 1. The molecule has 1 aromatic rings. The van der Waals surface area contributed by atoms with Gasteiger partial charge in [0.25, 0.3) is 0 Å². The molecule has 0 atom stereocenters. The van der Waals surface area contributed by atoms with Crippen molar-refractivity contribution in [1.29, 1.82) is 0 Å². The van der Waals surface area contributed by atoms with Gasteiger partial charge in [-0.15, -0.1) is 0 Å². The fourth-order valence-corrected chi connectivity index (χ4v) is 1.13. The molecule has 0 N–H and O–H groups in total. The zero-order valence-electron chi connectivity index (χ0n) is 7.79. The number of carbonyl (C=O) groups excluding carboxylic acids is 1. The van der Waals surface area contributed by atoms with Crippen molar-refractivity contribution < 1.29 is 13.9 Å². The lowest BCUT2D eigenvalue weighted by Crippen LogP contribution is -1.90. The van der Waals surface area contributed by atoms with Crippen molar-refractivity contribution in [3.63, 3.8) is 0 Å². The van der Waals surface area contributed by atoms with Crippen molar-refractivity contribution in [2.24, 2.45) is 0 Å². The van der Waals surface area contributed by atoms with Crippen molar-refractivity contribution in [1.82, 2.24) is 0 Å². The molecule has 1 aliphatic heterocycles. The second-order valence-corrected chi connectivity index (χ2v) is 3.03. The summed E-state index contributed by atoms with van der Waals surface area (Å²) in [5.74, 6) is 4.95. The largest absolute Gasteiger partial charge is 0.457 e. The van der Waals surface area contributed by atoms with Gasteiger partial charge in [-0.25, -0.2) is 9.18 Å². The van der Waals surface area contributed by atoms with E-state index in [-0.39, 0.29) is 18.4 Å². The Morgan fingerprint density at radius 3 is 2.53 bits per heavy atom. The minimum Gasteiger partial charge on any atom is -0.457 e. The van der Waals surface area contributed by atoms with Gasteiger partial charge in [-0.2, -0.15) is 0 Å². The first-order valence-corrected chi connectivity index (χ1v) is 4.39. The van der Waals surface area contributed by atoms with Gasteiger partial charge in [-0.3, -0.25) is 0 Å². The first-order valence-electron chi connectivity index (χ1n) is 4.39. The average molecular weight is 202 g/mol. The minimum atomic E-state index is -0.363. The maximum absolute atomic E-state index is 12.6. The maximum Gasteiger partial charge on any atom is 0.332 e. The monoisotopic (exact) mass is 202 g/mol. The molecule has 2 nitrogen and oxygen atoms in total. The Bertz CT molecular complexity index is 475. The van der Waals surface area contributed by atoms with E-state index >= 15 is 0 Å². The van der Waals surface area contributed by atoms with E-state index in [1.807, 2.05) is 0 Å². The molecule has 15 heavy (non-hydrogen) atoms. The number of ether oxygens (including phenoxy) is 1. The smallest absolute Gasteiger partial charge is 0.332 e. The summed E-state index contributed by atoms with van der Waals surface area (Å²) in [5, 5.41) is 0. The van der Waals surface area contributed by atoms with Crippen LogP contribution >= 0.6 is 0 Å². The van der Waals surface area contributed by atoms with Crippen LogP contribution in [-0.4, -0.2) is 12.6 Å². The van der Waals surface area contributed by atoms with Crippen LogP contribution in [0.4, 0.5) is 4.39 Å². The van der Waals surface area contributed by atoms with E-state index in [4.69, 9.17) is 0 Å². The predicted octanol–water partition coefficient (Wildman–Crippen LogP) is 1.66. The number of cyclic esters (lactones) is 1. The van der Waals surface area contributed by atoms with Crippen LogP contribution in [-0.2, 0) is 9.53 Å². The summed E-state index contributed by atoms with van der Waals surface area (Å²) in [6.45, 7) is 0.229. The molecule has 1 aliphatic rings. The van der Waals surface area contributed by atoms with Gasteiger partial charge in [0.1, 0.15) is 12.4 Å². The van der Waals surface area contributed by atoms with Crippen molar-refractivity contribution >= 4 is 5.97 Å². The van der Waals surface area contributed by atoms with E-state index in [9.17, 15) is 9.18 Å². The molecule has 0 aromatic heterocycles. The predicted molar refractivity (Wildman–Crippen MR) is 52.3 cm³/mol. The molecule has 0 saturated carbocycles. The summed E-state index contributed by atoms with van der Waals surface area (Å²) in [4.78, 5) is 10.7. The van der Waals surface area contributed by atoms with Gasteiger partial charge in [0.15, 0.2) is 0 Å². The molecule has 3 heteroatoms. The number of hydrogen-bond donors (Lipinski definition) is 0. The van der Waals surface area contributed by atoms with Crippen molar-refractivity contribution in [3.05, 3.63) is 47.3 Å². The fourth-order valence-electron chi connectivity index (χ4n) is 1.13. The topological polar surface area (TPSA) is 26.3 Å². The maximum atomic E-state index is 12.6. The first kappa shape index (κ1) is 9.47. The zero-order chi connectivity index (χ0) is 10.7. The lowest BCUT2D eigenvalue weighted by atomic mass is 10.2. The van der Waals surface area contributed by atoms with Gasteiger partial charge in [-0.1, -0.05) is 11.8 Å². The molecule has 0 fully saturated rings. The molecule has 0 amide bonds. The zero-order valence-corrected chi connectivity index (χ0v) is 7.79. The van der Waals surface area contributed by atoms with Crippen molar-refractivity contribution in [2.45, 2.75) is 0 Å². The van der Waals surface area contributed by atoms with Crippen LogP contribution in [0.1, 0.15) is 5.56 Å². The van der Waals surface area contributed by atoms with Crippen LogP contribution in [0.3, 0.4) is 0 Å². The average Bonchev–Trinajstić information content (AvgIpc) is 2.64. The van der Waals surface area contributed by atoms with Crippen molar-refractivity contribution in [2.75, 3.05) is 6.61 Å². The highest BCUT2D eigenvalue weighted by atomic mass is 19.1. The summed E-state index contributed by atoms with van der Waals surface area (Å²) >= 11 is 0. The number of esters is 1. The summed E-state index contributed by atoms with van der Waals surface area (Å²) in [6.07, 6.45) is 1.36. The standard InChI is InChI=1S/C12H7FO2/c13-11-5-3-9(4-6-11)1-2-10-7-12(14)15-8-10/h3-7H,8H2. The normalized spacial score (nSPS) is 13.9. The van der Waals surface area contributed by atoms with Gasteiger partial charge in [0.05, 0.1) is 0 Å². The Kier molecular flexibility index (Phi) is 2.51. The second kappa shape index (κ2) is 3.97. The Morgan fingerprint density at radius 2 is 1.93 bits per heavy atom. The molecule has 0 radical (unpaired) electrons. The molecule has 0 bridgehead atoms. The molecular formula is C12H7FO2. The van der Waals surface area contributed by atoms with Crippen LogP contribution in [0.15, 0.2) is 35.9 Å². The molecule has 74 valence electrons. The molecule has 2 rings (SSSR count). The third-order valence-electron chi connectivity index (χ3n) is 1.87. The van der Waals surface area contributed by atoms with Gasteiger partial charge >= 0.3 is 5.97 Å². The lowest BCUT2D eigenvalue weighted by Gasteiger charge is -1.89. The first-order chi connectivity index (χ1) is 7.24. The molecule has 1 aromatic carbocycles. The molecule has 0 aliphatic carbocycles. The second-order valence-electron chi connectivity index (χ2n) is 3.03. The highest BCUT2D eigenvalue weighted by molar-refractivity contribution is 5.86. The van der Waals surface area contributed by atoms with Crippen LogP contribution in [0.25, 0.3) is 0 Å². The van der Waals surface area contributed by atoms with E-state index in [2.05, 4.69) is 16.6 Å². The van der Waals surface area contributed by atoms with Crippen LogP contribution < -0.4 is 0 Å². The molecular weight excluding hydrogens is 195 g/mol. The van der Waals surface area contributed by atoms with Gasteiger partial charge in [0, 0.05) is 17.2 Å². The highest BCUT2D eigenvalue weighted by Crippen LogP contribution is 2.05. The molecule has 0 unspecified atom stereocenters. The fraction of sp³-hybridized carbons (Fsp3) is 0.0833. The minimum absolute atomic E-state index is 0.229. The van der Waals surface area contributed by atoms with Gasteiger partial charge in [-0.05, 0) is 24.3 Å². The lowest BCUT2D eigenvalue weighted by molar-refractivity contribution is -0.134. The highest BCUT2D eigenvalue weighted by Gasteiger charge is 2.09. The third-order valence-corrected chi connectivity index (χ3v) is 1.87. The Hall–Kier alpha value is -2.08. The summed E-state index contributed by atoms with van der Waals surface area (Å²) < 4.78 is 17.2. The molecule has 1 heterocycles. The van der Waals surface area contributed by atoms with Crippen LogP contribution in [0.5, 0.6) is 0 Å². The Balaban J connectivity index is 2.15. The number of carbonyl (C=O) groups is 1. The summed E-state index contributed by atoms with van der Waals surface area (Å²) in [7, 11) is 0. The van der Waals surface area contributed by atoms with Crippen LogP contribution in [0, 0.1) is 17.7 Å². The Labute approximate surface area is 86.4 Å². The van der Waals surface area contributed by atoms with Crippen LogP contribution in [0.2, 0.25) is 0 Å². The quantitative estimate of drug-likeness (QED) is 0.472.